The van der Waals surface area contributed by atoms with Crippen LogP contribution in [0.1, 0.15) is 88.7 Å². The Labute approximate surface area is 177 Å². The molecule has 0 heterocycles. The maximum absolute atomic E-state index is 6.28. The summed E-state index contributed by atoms with van der Waals surface area (Å²) in [6.45, 7) is 5.47. The van der Waals surface area contributed by atoms with Crippen molar-refractivity contribution in [3.05, 3.63) is 35.4 Å². The molecule has 4 rings (SSSR count). The first-order valence-electron chi connectivity index (χ1n) is 12.3. The second-order valence-electron chi connectivity index (χ2n) is 10.3. The predicted molar refractivity (Wildman–Crippen MR) is 119 cm³/mol. The van der Waals surface area contributed by atoms with Gasteiger partial charge < -0.3 is 5.73 Å². The third kappa shape index (κ3) is 5.24. The first-order valence-corrected chi connectivity index (χ1v) is 12.3. The van der Waals surface area contributed by atoms with Crippen molar-refractivity contribution < 1.29 is 9.78 Å². The van der Waals surface area contributed by atoms with Gasteiger partial charge in [-0.1, -0.05) is 51.0 Å². The van der Waals surface area contributed by atoms with E-state index in [1.54, 1.807) is 0 Å². The summed E-state index contributed by atoms with van der Waals surface area (Å²) in [5.74, 6) is 3.76. The zero-order valence-electron chi connectivity index (χ0n) is 18.5. The zero-order chi connectivity index (χ0) is 20.2. The van der Waals surface area contributed by atoms with Crippen LogP contribution >= 0.6 is 0 Å². The Balaban J connectivity index is 1.33. The van der Waals surface area contributed by atoms with Crippen LogP contribution in [0.25, 0.3) is 0 Å². The van der Waals surface area contributed by atoms with Crippen molar-refractivity contribution in [2.24, 2.45) is 29.4 Å². The molecule has 7 unspecified atom stereocenters. The van der Waals surface area contributed by atoms with Crippen LogP contribution in [0, 0.1) is 23.7 Å². The minimum absolute atomic E-state index is 0.244. The van der Waals surface area contributed by atoms with Crippen molar-refractivity contribution in [3.63, 3.8) is 0 Å². The monoisotopic (exact) mass is 399 g/mol. The van der Waals surface area contributed by atoms with Gasteiger partial charge in [0, 0.05) is 0 Å². The molecule has 3 fully saturated rings. The van der Waals surface area contributed by atoms with Crippen molar-refractivity contribution in [3.8, 4) is 0 Å². The quantitative estimate of drug-likeness (QED) is 0.451. The normalized spacial score (nSPS) is 37.4. The molecule has 3 saturated carbocycles. The van der Waals surface area contributed by atoms with Crippen molar-refractivity contribution in [2.75, 3.05) is 6.54 Å². The van der Waals surface area contributed by atoms with Gasteiger partial charge in [0.05, 0.1) is 12.2 Å². The second kappa shape index (κ2) is 9.94. The van der Waals surface area contributed by atoms with E-state index in [0.29, 0.717) is 23.9 Å². The van der Waals surface area contributed by atoms with Crippen LogP contribution < -0.4 is 5.73 Å². The van der Waals surface area contributed by atoms with Gasteiger partial charge in [-0.2, -0.15) is 0 Å². The highest BCUT2D eigenvalue weighted by Crippen LogP contribution is 2.47. The third-order valence-corrected chi connectivity index (χ3v) is 7.98. The molecule has 1 aromatic rings. The molecule has 3 nitrogen and oxygen atoms in total. The average molecular weight is 400 g/mol. The van der Waals surface area contributed by atoms with E-state index in [1.165, 1.54) is 56.1 Å². The van der Waals surface area contributed by atoms with Gasteiger partial charge >= 0.3 is 0 Å². The molecule has 0 aliphatic heterocycles. The van der Waals surface area contributed by atoms with Gasteiger partial charge in [-0.15, -0.1) is 0 Å². The van der Waals surface area contributed by atoms with Gasteiger partial charge in [-0.3, -0.25) is 0 Å². The van der Waals surface area contributed by atoms with Gasteiger partial charge in [0.15, 0.2) is 0 Å². The Bertz CT molecular complexity index is 628. The highest BCUT2D eigenvalue weighted by atomic mass is 17.2. The Kier molecular flexibility index (Phi) is 7.31. The number of rotatable bonds is 7. The van der Waals surface area contributed by atoms with Gasteiger partial charge in [0.2, 0.25) is 0 Å². The molecular formula is C26H41NO2. The number of benzene rings is 1. The Morgan fingerprint density at radius 2 is 1.79 bits per heavy atom. The van der Waals surface area contributed by atoms with E-state index in [9.17, 15) is 0 Å². The maximum Gasteiger partial charge on any atom is 0.0986 e. The van der Waals surface area contributed by atoms with E-state index >= 15 is 0 Å². The molecule has 0 aromatic heterocycles. The highest BCUT2D eigenvalue weighted by molar-refractivity contribution is 5.26. The summed E-state index contributed by atoms with van der Waals surface area (Å²) in [6, 6.07) is 9.10. The number of hydrogen-bond donors (Lipinski definition) is 1. The first-order chi connectivity index (χ1) is 14.2. The summed E-state index contributed by atoms with van der Waals surface area (Å²) in [5, 5.41) is 0. The predicted octanol–water partition coefficient (Wildman–Crippen LogP) is 6.01. The number of hydrogen-bond acceptors (Lipinski definition) is 3. The molecule has 1 aromatic carbocycles. The van der Waals surface area contributed by atoms with E-state index in [1.807, 2.05) is 0 Å². The van der Waals surface area contributed by atoms with Crippen LogP contribution in [-0.4, -0.2) is 18.8 Å². The zero-order valence-corrected chi connectivity index (χ0v) is 18.5. The molecule has 2 bridgehead atoms. The summed E-state index contributed by atoms with van der Waals surface area (Å²) in [5.41, 5.74) is 8.47. The molecule has 162 valence electrons. The van der Waals surface area contributed by atoms with Gasteiger partial charge in [0.25, 0.3) is 0 Å². The van der Waals surface area contributed by atoms with Crippen molar-refractivity contribution in [1.82, 2.24) is 0 Å². The SMILES string of the molecule is CCC1CC2CC(C)CC(C2)C1OOC1CCCC(c2ccc(CCN)cc2)C1. The Morgan fingerprint density at radius 1 is 0.966 bits per heavy atom. The van der Waals surface area contributed by atoms with Crippen LogP contribution in [0.3, 0.4) is 0 Å². The Morgan fingerprint density at radius 3 is 2.55 bits per heavy atom. The first kappa shape index (κ1) is 21.3. The molecule has 0 saturated heterocycles. The summed E-state index contributed by atoms with van der Waals surface area (Å²) in [6.07, 6.45) is 12.9. The molecule has 3 heteroatoms. The van der Waals surface area contributed by atoms with E-state index in [0.717, 1.165) is 37.6 Å². The van der Waals surface area contributed by atoms with E-state index in [-0.39, 0.29) is 6.10 Å². The molecule has 3 aliphatic rings. The van der Waals surface area contributed by atoms with Gasteiger partial charge in [-0.05, 0) is 98.6 Å². The summed E-state index contributed by atoms with van der Waals surface area (Å²) in [7, 11) is 0. The summed E-state index contributed by atoms with van der Waals surface area (Å²) >= 11 is 0. The van der Waals surface area contributed by atoms with Crippen molar-refractivity contribution in [1.29, 1.82) is 0 Å². The fraction of sp³-hybridized carbons (Fsp3) is 0.769. The van der Waals surface area contributed by atoms with Crippen LogP contribution in [0.2, 0.25) is 0 Å². The van der Waals surface area contributed by atoms with Crippen LogP contribution in [0.4, 0.5) is 0 Å². The molecule has 0 amide bonds. The smallest absolute Gasteiger partial charge is 0.0986 e. The van der Waals surface area contributed by atoms with Gasteiger partial charge in [0.1, 0.15) is 0 Å². The minimum Gasteiger partial charge on any atom is -0.330 e. The van der Waals surface area contributed by atoms with E-state index < -0.39 is 0 Å². The summed E-state index contributed by atoms with van der Waals surface area (Å²) in [4.78, 5) is 12.5. The van der Waals surface area contributed by atoms with Crippen LogP contribution in [-0.2, 0) is 16.2 Å². The largest absolute Gasteiger partial charge is 0.330 e. The third-order valence-electron chi connectivity index (χ3n) is 7.98. The molecule has 2 N–H and O–H groups in total. The number of nitrogens with two attached hydrogens (primary N) is 1. The lowest BCUT2D eigenvalue weighted by Gasteiger charge is -2.46. The van der Waals surface area contributed by atoms with Gasteiger partial charge in [-0.25, -0.2) is 9.78 Å². The lowest BCUT2D eigenvalue weighted by Crippen LogP contribution is -2.43. The summed E-state index contributed by atoms with van der Waals surface area (Å²) < 4.78 is 0. The van der Waals surface area contributed by atoms with Crippen molar-refractivity contribution >= 4 is 0 Å². The highest BCUT2D eigenvalue weighted by Gasteiger charge is 2.42. The van der Waals surface area contributed by atoms with Crippen LogP contribution in [0.5, 0.6) is 0 Å². The standard InChI is InChI=1S/C26H41NO2/c1-3-21-15-20-13-18(2)14-24(16-20)26(21)29-28-25-6-4-5-23(17-25)22-9-7-19(8-10-22)11-12-27/h7-10,18,20-21,23-26H,3-6,11-17,27H2,1-2H3. The fourth-order valence-corrected chi connectivity index (χ4v) is 6.57. The lowest BCUT2D eigenvalue weighted by atomic mass is 9.63. The van der Waals surface area contributed by atoms with E-state index in [2.05, 4.69) is 38.1 Å². The Hall–Kier alpha value is -0.900. The second-order valence-corrected chi connectivity index (χ2v) is 10.3. The lowest BCUT2D eigenvalue weighted by molar-refractivity contribution is -0.378. The number of fused-ring (bicyclic) bond motifs is 2. The fourth-order valence-electron chi connectivity index (χ4n) is 6.57. The molecule has 0 radical (unpaired) electrons. The maximum atomic E-state index is 6.28. The molecular weight excluding hydrogens is 358 g/mol. The van der Waals surface area contributed by atoms with Crippen LogP contribution in [0.15, 0.2) is 24.3 Å². The molecule has 3 aliphatic carbocycles. The minimum atomic E-state index is 0.244. The molecule has 0 spiro atoms. The van der Waals surface area contributed by atoms with E-state index in [4.69, 9.17) is 15.5 Å². The molecule has 7 atom stereocenters. The average Bonchev–Trinajstić information content (AvgIpc) is 2.73. The van der Waals surface area contributed by atoms with Crippen molar-refractivity contribution in [2.45, 2.75) is 96.2 Å². The molecule has 29 heavy (non-hydrogen) atoms. The topological polar surface area (TPSA) is 44.5 Å².